The van der Waals surface area contributed by atoms with Crippen molar-refractivity contribution in [2.75, 3.05) is 0 Å². The van der Waals surface area contributed by atoms with Gasteiger partial charge in [-0.2, -0.15) is 0 Å². The molecule has 4 heteroatoms. The van der Waals surface area contributed by atoms with Gasteiger partial charge in [-0.3, -0.25) is 0 Å². The Balaban J connectivity index is 0.00000623. The van der Waals surface area contributed by atoms with Gasteiger partial charge in [-0.25, -0.2) is 0 Å². The Morgan fingerprint density at radius 1 is 0.203 bits per heavy atom. The van der Waals surface area contributed by atoms with Crippen molar-refractivity contribution in [1.29, 1.82) is 0 Å². The predicted octanol–water partition coefficient (Wildman–Crippen LogP) is 19.3. The van der Waals surface area contributed by atoms with E-state index in [1.807, 2.05) is 61.1 Å². The van der Waals surface area contributed by atoms with Crippen LogP contribution in [0.4, 0.5) is 0 Å². The fourth-order valence-electron chi connectivity index (χ4n) is 10.6. The first-order valence-corrected chi connectivity index (χ1v) is 26.2. The van der Waals surface area contributed by atoms with E-state index in [-0.39, 0.29) is 20.1 Å². The fraction of sp³-hybridized carbons (Fsp3) is 0. The molecule has 0 unspecified atom stereocenters. The van der Waals surface area contributed by atoms with Crippen molar-refractivity contribution in [3.8, 4) is 134 Å². The van der Waals surface area contributed by atoms with Crippen molar-refractivity contribution in [2.24, 2.45) is 0 Å². The second kappa shape index (κ2) is 22.9. The Morgan fingerprint density at radius 2 is 0.595 bits per heavy atom. The van der Waals surface area contributed by atoms with Crippen LogP contribution in [0.25, 0.3) is 134 Å². The van der Waals surface area contributed by atoms with Crippen molar-refractivity contribution in [3.05, 3.63) is 310 Å². The summed E-state index contributed by atoms with van der Waals surface area (Å²) in [6, 6.07) is 107. The van der Waals surface area contributed by atoms with Gasteiger partial charge in [-0.15, -0.1) is 77.4 Å². The average Bonchev–Trinajstić information content (AvgIpc) is 3.57. The van der Waals surface area contributed by atoms with Crippen LogP contribution >= 0.6 is 0 Å². The first kappa shape index (κ1) is 50.1. The van der Waals surface area contributed by atoms with Crippen LogP contribution in [0.2, 0.25) is 0 Å². The van der Waals surface area contributed by atoms with Crippen LogP contribution in [0.1, 0.15) is 0 Å². The van der Waals surface area contributed by atoms with Gasteiger partial charge in [0, 0.05) is 18.6 Å². The van der Waals surface area contributed by atoms with Crippen LogP contribution < -0.4 is 0 Å². The van der Waals surface area contributed by atoms with E-state index in [9.17, 15) is 0 Å². The number of rotatable bonds is 12. The Kier molecular flexibility index (Phi) is 14.5. The molecule has 3 nitrogen and oxygen atoms in total. The number of hydrogen-bond donors (Lipinski definition) is 0. The average molecular weight is 1180 g/mol. The molecule has 0 saturated carbocycles. The minimum absolute atomic E-state index is 0. The summed E-state index contributed by atoms with van der Waals surface area (Å²) in [6.45, 7) is 0. The zero-order valence-corrected chi connectivity index (χ0v) is 45.3. The van der Waals surface area contributed by atoms with Gasteiger partial charge in [0.1, 0.15) is 0 Å². The molecule has 0 fully saturated rings. The largest absolute Gasteiger partial charge is 3.00 e. The summed E-state index contributed by atoms with van der Waals surface area (Å²) in [7, 11) is 0. The summed E-state index contributed by atoms with van der Waals surface area (Å²) in [5, 5.41) is 0. The maximum atomic E-state index is 4.78. The van der Waals surface area contributed by atoms with E-state index in [4.69, 9.17) is 15.0 Å². The molecule has 0 radical (unpaired) electrons. The van der Waals surface area contributed by atoms with Crippen LogP contribution in [0.5, 0.6) is 0 Å². The SMILES string of the molecule is [Ir+3].[c-]1cc(-c2ccccc2-c2cc(-c3ccccc3-c3c[c-]c(-c4ccccn4)cc3-c3ccccc3)cc(-c3ccccc3-c3c[c-]c(-c4ccccn4)cc3-c3ccccc3)c2)ccc1-c1cc(-c2ccccc2)ccn1. The molecular weight excluding hydrogens is 1140 g/mol. The molecule has 0 spiro atoms. The number of nitrogens with zero attached hydrogens (tertiary/aromatic N) is 3. The molecule has 0 aliphatic rings. The molecule has 10 aromatic carbocycles. The van der Waals surface area contributed by atoms with Crippen molar-refractivity contribution >= 4 is 0 Å². The van der Waals surface area contributed by atoms with Crippen LogP contribution in [0.3, 0.4) is 0 Å². The van der Waals surface area contributed by atoms with Crippen molar-refractivity contribution in [1.82, 2.24) is 15.0 Å². The molecule has 13 aromatic rings. The Morgan fingerprint density at radius 3 is 1.04 bits per heavy atom. The molecule has 0 aliphatic heterocycles. The van der Waals surface area contributed by atoms with Crippen molar-refractivity contribution < 1.29 is 20.1 Å². The third-order valence-electron chi connectivity index (χ3n) is 14.4. The van der Waals surface area contributed by atoms with Gasteiger partial charge in [0.2, 0.25) is 0 Å². The van der Waals surface area contributed by atoms with E-state index in [1.54, 1.807) is 0 Å². The molecular formula is C75H48IrN3. The second-order valence-corrected chi connectivity index (χ2v) is 19.2. The van der Waals surface area contributed by atoms with E-state index in [0.29, 0.717) is 0 Å². The van der Waals surface area contributed by atoms with E-state index in [1.165, 1.54) is 0 Å². The topological polar surface area (TPSA) is 38.7 Å². The third kappa shape index (κ3) is 10.5. The number of aromatic nitrogens is 3. The first-order chi connectivity index (χ1) is 38.7. The second-order valence-electron chi connectivity index (χ2n) is 19.2. The summed E-state index contributed by atoms with van der Waals surface area (Å²) in [4.78, 5) is 14.2. The van der Waals surface area contributed by atoms with Gasteiger partial charge in [0.15, 0.2) is 0 Å². The molecule has 79 heavy (non-hydrogen) atoms. The molecule has 0 saturated heterocycles. The smallest absolute Gasteiger partial charge is 0.305 e. The van der Waals surface area contributed by atoms with Crippen molar-refractivity contribution in [2.45, 2.75) is 0 Å². The quantitative estimate of drug-likeness (QED) is 0.114. The molecule has 0 atom stereocenters. The van der Waals surface area contributed by atoms with Crippen LogP contribution in [-0.4, -0.2) is 15.0 Å². The molecule has 3 aromatic heterocycles. The zero-order chi connectivity index (χ0) is 52.0. The van der Waals surface area contributed by atoms with Gasteiger partial charge >= 0.3 is 20.1 Å². The normalized spacial score (nSPS) is 10.9. The van der Waals surface area contributed by atoms with Crippen molar-refractivity contribution in [3.63, 3.8) is 0 Å². The summed E-state index contributed by atoms with van der Waals surface area (Å²) < 4.78 is 0. The van der Waals surface area contributed by atoms with Gasteiger partial charge in [-0.05, 0) is 109 Å². The van der Waals surface area contributed by atoms with Crippen LogP contribution in [-0.2, 0) is 20.1 Å². The Hall–Kier alpha value is -9.70. The van der Waals surface area contributed by atoms with E-state index >= 15 is 0 Å². The predicted molar refractivity (Wildman–Crippen MR) is 322 cm³/mol. The zero-order valence-electron chi connectivity index (χ0n) is 42.9. The monoisotopic (exact) mass is 1180 g/mol. The molecule has 0 N–H and O–H groups in total. The Labute approximate surface area is 475 Å². The minimum atomic E-state index is 0. The number of pyridine rings is 3. The molecule has 13 rings (SSSR count). The maximum Gasteiger partial charge on any atom is 3.00 e. The third-order valence-corrected chi connectivity index (χ3v) is 14.4. The maximum absolute atomic E-state index is 4.78. The fourth-order valence-corrected chi connectivity index (χ4v) is 10.6. The van der Waals surface area contributed by atoms with Gasteiger partial charge in [-0.1, -0.05) is 239 Å². The molecule has 3 heterocycles. The first-order valence-electron chi connectivity index (χ1n) is 26.2. The van der Waals surface area contributed by atoms with Gasteiger partial charge in [0.05, 0.1) is 0 Å². The summed E-state index contributed by atoms with van der Waals surface area (Å²) >= 11 is 0. The Bertz CT molecular complexity index is 4030. The standard InChI is InChI=1S/C75H48N3.Ir/c1-4-20-52(21-5-1)57-42-45-78-75(51-57)56-36-34-55(35-37-56)63-26-10-11-27-64(63)60-46-61(65-28-12-14-30-67(65)69-40-38-58(73-32-16-18-43-76-73)49-71(69)53-22-6-2-7-23-53)48-62(47-60)66-29-13-15-31-68(66)70-41-39-59(74-33-17-19-44-77-74)50-72(70)54-24-8-3-9-25-54;/h1-36,40-51H;/q-3;+3. The minimum Gasteiger partial charge on any atom is -0.305 e. The van der Waals surface area contributed by atoms with Crippen LogP contribution in [0.15, 0.2) is 292 Å². The van der Waals surface area contributed by atoms with Crippen LogP contribution in [0, 0.1) is 18.2 Å². The number of hydrogen-bond acceptors (Lipinski definition) is 3. The molecule has 372 valence electrons. The summed E-state index contributed by atoms with van der Waals surface area (Å²) in [5.41, 5.74) is 25.3. The van der Waals surface area contributed by atoms with Gasteiger partial charge in [0.25, 0.3) is 0 Å². The summed E-state index contributed by atoms with van der Waals surface area (Å²) in [5.74, 6) is 0. The number of benzene rings is 10. The molecule has 0 aliphatic carbocycles. The molecule has 0 amide bonds. The molecule has 0 bridgehead atoms. The van der Waals surface area contributed by atoms with E-state index in [0.717, 1.165) is 134 Å². The van der Waals surface area contributed by atoms with E-state index in [2.05, 4.69) is 249 Å². The summed E-state index contributed by atoms with van der Waals surface area (Å²) in [6.07, 6.45) is 5.56. The van der Waals surface area contributed by atoms with Gasteiger partial charge < -0.3 is 15.0 Å². The van der Waals surface area contributed by atoms with E-state index < -0.39 is 0 Å².